The Balaban J connectivity index is 1.92. The summed E-state index contributed by atoms with van der Waals surface area (Å²) in [5.74, 6) is 0.734. The molecule has 2 aliphatic carbocycles. The number of fused-ring (bicyclic) bond motifs is 3. The largest absolute Gasteiger partial charge is 0.324 e. The number of nitrogens with two attached hydrogens (primary N) is 1. The van der Waals surface area contributed by atoms with Gasteiger partial charge in [0.15, 0.2) is 0 Å². The Labute approximate surface area is 149 Å². The van der Waals surface area contributed by atoms with E-state index in [4.69, 9.17) is 5.73 Å². The lowest BCUT2D eigenvalue weighted by Crippen LogP contribution is -2.28. The average Bonchev–Trinajstić information content (AvgIpc) is 3.35. The third kappa shape index (κ3) is 3.07. The zero-order chi connectivity index (χ0) is 17.8. The van der Waals surface area contributed by atoms with Crippen molar-refractivity contribution < 1.29 is 8.42 Å². The smallest absolute Gasteiger partial charge is 0.241 e. The minimum atomic E-state index is -3.56. The van der Waals surface area contributed by atoms with Gasteiger partial charge in [-0.15, -0.1) is 0 Å². The molecule has 134 valence electrons. The van der Waals surface area contributed by atoms with Crippen LogP contribution in [0.25, 0.3) is 10.8 Å². The molecule has 0 amide bonds. The Bertz CT molecular complexity index is 933. The first-order valence-corrected chi connectivity index (χ1v) is 10.6. The molecule has 25 heavy (non-hydrogen) atoms. The van der Waals surface area contributed by atoms with E-state index in [0.717, 1.165) is 53.3 Å². The van der Waals surface area contributed by atoms with Gasteiger partial charge in [0.25, 0.3) is 0 Å². The first-order chi connectivity index (χ1) is 11.9. The van der Waals surface area contributed by atoms with Crippen LogP contribution in [-0.4, -0.2) is 19.9 Å². The molecule has 1 saturated carbocycles. The van der Waals surface area contributed by atoms with Gasteiger partial charge in [0.2, 0.25) is 10.0 Å². The molecule has 4 rings (SSSR count). The highest BCUT2D eigenvalue weighted by atomic mass is 32.2. The Morgan fingerprint density at radius 3 is 2.68 bits per heavy atom. The van der Waals surface area contributed by atoms with Gasteiger partial charge in [0.05, 0.1) is 4.90 Å². The molecule has 3 N–H and O–H groups in total. The summed E-state index contributed by atoms with van der Waals surface area (Å²) in [5, 5.41) is 1.67. The van der Waals surface area contributed by atoms with E-state index in [1.54, 1.807) is 0 Å². The Hall–Kier alpha value is -1.50. The Kier molecular flexibility index (Phi) is 4.09. The van der Waals surface area contributed by atoms with Crippen LogP contribution in [0.5, 0.6) is 0 Å². The van der Waals surface area contributed by atoms with Gasteiger partial charge >= 0.3 is 0 Å². The fraction of sp³-hybridized carbons (Fsp3) is 0.526. The molecule has 5 nitrogen and oxygen atoms in total. The van der Waals surface area contributed by atoms with Gasteiger partial charge in [-0.2, -0.15) is 0 Å². The summed E-state index contributed by atoms with van der Waals surface area (Å²) in [7, 11) is -3.56. The number of hydrogen-bond donors (Lipinski definition) is 2. The van der Waals surface area contributed by atoms with Crippen molar-refractivity contribution in [3.8, 4) is 0 Å². The molecule has 2 aromatic rings. The average molecular weight is 359 g/mol. The SMILES string of the molecule is CC(C)CNS(=O)(=O)c1cc2c(c3cnc(C4CC4)cc13)[C@H](N)CC2. The summed E-state index contributed by atoms with van der Waals surface area (Å²) in [4.78, 5) is 4.98. The van der Waals surface area contributed by atoms with E-state index in [2.05, 4.69) is 9.71 Å². The van der Waals surface area contributed by atoms with Crippen molar-refractivity contribution in [2.45, 2.75) is 56.4 Å². The normalized spacial score (nSPS) is 20.4. The van der Waals surface area contributed by atoms with Crippen LogP contribution in [0.3, 0.4) is 0 Å². The first kappa shape index (κ1) is 16.9. The number of hydrogen-bond acceptors (Lipinski definition) is 4. The number of nitrogens with zero attached hydrogens (tertiary/aromatic N) is 1. The summed E-state index contributed by atoms with van der Waals surface area (Å²) >= 11 is 0. The van der Waals surface area contributed by atoms with Crippen LogP contribution >= 0.6 is 0 Å². The zero-order valence-electron chi connectivity index (χ0n) is 14.7. The van der Waals surface area contributed by atoms with Crippen molar-refractivity contribution >= 4 is 20.8 Å². The van der Waals surface area contributed by atoms with Gasteiger partial charge in [-0.1, -0.05) is 13.8 Å². The highest BCUT2D eigenvalue weighted by Crippen LogP contribution is 2.43. The number of benzene rings is 1. The molecular formula is C19H25N3O2S. The quantitative estimate of drug-likeness (QED) is 0.859. The number of aryl methyl sites for hydroxylation is 1. The van der Waals surface area contributed by atoms with Gasteiger partial charge in [0.1, 0.15) is 0 Å². The first-order valence-electron chi connectivity index (χ1n) is 9.07. The van der Waals surface area contributed by atoms with Crippen molar-refractivity contribution in [2.24, 2.45) is 11.7 Å². The summed E-state index contributed by atoms with van der Waals surface area (Å²) in [6.07, 6.45) is 5.79. The fourth-order valence-corrected chi connectivity index (χ4v) is 5.12. The van der Waals surface area contributed by atoms with E-state index in [0.29, 0.717) is 17.4 Å². The molecule has 2 aliphatic rings. The molecule has 0 radical (unpaired) electrons. The van der Waals surface area contributed by atoms with Crippen LogP contribution in [0.4, 0.5) is 0 Å². The molecule has 6 heteroatoms. The lowest BCUT2D eigenvalue weighted by Gasteiger charge is -2.16. The molecule has 0 bridgehead atoms. The number of nitrogens with one attached hydrogen (secondary N) is 1. The minimum absolute atomic E-state index is 0.0357. The second kappa shape index (κ2) is 6.04. The lowest BCUT2D eigenvalue weighted by molar-refractivity contribution is 0.561. The van der Waals surface area contributed by atoms with Crippen LogP contribution in [0, 0.1) is 5.92 Å². The lowest BCUT2D eigenvalue weighted by atomic mass is 9.99. The fourth-order valence-electron chi connectivity index (χ4n) is 3.66. The molecule has 0 saturated heterocycles. The van der Waals surface area contributed by atoms with Crippen LogP contribution in [0.15, 0.2) is 23.2 Å². The van der Waals surface area contributed by atoms with E-state index >= 15 is 0 Å². The number of aromatic nitrogens is 1. The second-order valence-corrected chi connectivity index (χ2v) is 9.50. The third-order valence-corrected chi connectivity index (χ3v) is 6.66. The van der Waals surface area contributed by atoms with Gasteiger partial charge in [-0.05, 0) is 54.9 Å². The summed E-state index contributed by atoms with van der Waals surface area (Å²) in [5.41, 5.74) is 9.41. The predicted octanol–water partition coefficient (Wildman–Crippen LogP) is 2.99. The minimum Gasteiger partial charge on any atom is -0.324 e. The van der Waals surface area contributed by atoms with Crippen molar-refractivity contribution in [2.75, 3.05) is 6.54 Å². The summed E-state index contributed by atoms with van der Waals surface area (Å²) in [6, 6.07) is 3.78. The molecule has 1 fully saturated rings. The molecular weight excluding hydrogens is 334 g/mol. The maximum atomic E-state index is 13.0. The third-order valence-electron chi connectivity index (χ3n) is 5.19. The van der Waals surface area contributed by atoms with Crippen LogP contribution < -0.4 is 10.5 Å². The van der Waals surface area contributed by atoms with Crippen molar-refractivity contribution in [3.63, 3.8) is 0 Å². The van der Waals surface area contributed by atoms with Crippen LogP contribution in [0.2, 0.25) is 0 Å². The molecule has 0 aliphatic heterocycles. The number of pyridine rings is 1. The van der Waals surface area contributed by atoms with Crippen molar-refractivity contribution in [1.82, 2.24) is 9.71 Å². The molecule has 0 unspecified atom stereocenters. The zero-order valence-corrected chi connectivity index (χ0v) is 15.6. The molecule has 1 aromatic heterocycles. The predicted molar refractivity (Wildman–Crippen MR) is 99.0 cm³/mol. The van der Waals surface area contributed by atoms with E-state index in [9.17, 15) is 8.42 Å². The van der Waals surface area contributed by atoms with Crippen LogP contribution in [-0.2, 0) is 16.4 Å². The standard InChI is InChI=1S/C19H25N3O2S/c1-11(2)9-22-25(23,24)18-7-13-5-6-16(20)19(13)15-10-21-17(8-14(15)18)12-3-4-12/h7-8,10-12,16,22H,3-6,9,20H2,1-2H3/t16-/m1/s1. The molecule has 1 heterocycles. The van der Waals surface area contributed by atoms with Crippen LogP contribution in [0.1, 0.15) is 61.9 Å². The molecule has 1 aromatic carbocycles. The number of sulfonamides is 1. The summed E-state index contributed by atoms with van der Waals surface area (Å²) < 4.78 is 28.7. The van der Waals surface area contributed by atoms with Crippen molar-refractivity contribution in [1.29, 1.82) is 0 Å². The summed E-state index contributed by atoms with van der Waals surface area (Å²) in [6.45, 7) is 4.43. The Morgan fingerprint density at radius 2 is 2.00 bits per heavy atom. The highest BCUT2D eigenvalue weighted by molar-refractivity contribution is 7.89. The van der Waals surface area contributed by atoms with E-state index in [1.807, 2.05) is 32.2 Å². The Morgan fingerprint density at radius 1 is 1.24 bits per heavy atom. The second-order valence-electron chi connectivity index (χ2n) is 7.77. The molecule has 1 atom stereocenters. The van der Waals surface area contributed by atoms with Gasteiger partial charge in [0, 0.05) is 41.2 Å². The maximum Gasteiger partial charge on any atom is 0.241 e. The number of rotatable bonds is 5. The van der Waals surface area contributed by atoms with Gasteiger partial charge < -0.3 is 5.73 Å². The van der Waals surface area contributed by atoms with E-state index in [-0.39, 0.29) is 12.0 Å². The molecule has 0 spiro atoms. The van der Waals surface area contributed by atoms with Crippen molar-refractivity contribution in [3.05, 3.63) is 35.2 Å². The van der Waals surface area contributed by atoms with Gasteiger partial charge in [-0.25, -0.2) is 13.1 Å². The monoisotopic (exact) mass is 359 g/mol. The topological polar surface area (TPSA) is 85.1 Å². The van der Waals surface area contributed by atoms with Gasteiger partial charge in [-0.3, -0.25) is 4.98 Å². The van der Waals surface area contributed by atoms with E-state index in [1.165, 1.54) is 0 Å². The maximum absolute atomic E-state index is 13.0. The highest BCUT2D eigenvalue weighted by Gasteiger charge is 2.30. The van der Waals surface area contributed by atoms with E-state index < -0.39 is 10.0 Å².